The van der Waals surface area contributed by atoms with Gasteiger partial charge in [-0.25, -0.2) is 0 Å². The van der Waals surface area contributed by atoms with Gasteiger partial charge >= 0.3 is 0 Å². The SMILES string of the molecule is CCCCCCCCCCOc1ccc(/C=C/Br)cc1. The molecule has 0 aromatic heterocycles. The lowest BCUT2D eigenvalue weighted by molar-refractivity contribution is 0.304. The molecule has 0 aliphatic rings. The van der Waals surface area contributed by atoms with E-state index in [9.17, 15) is 0 Å². The Morgan fingerprint density at radius 3 is 2.10 bits per heavy atom. The monoisotopic (exact) mass is 338 g/mol. The van der Waals surface area contributed by atoms with Crippen molar-refractivity contribution in [2.45, 2.75) is 58.3 Å². The van der Waals surface area contributed by atoms with Gasteiger partial charge in [0.1, 0.15) is 5.75 Å². The molecule has 1 aromatic rings. The summed E-state index contributed by atoms with van der Waals surface area (Å²) in [6.45, 7) is 3.10. The molecule has 0 bridgehead atoms. The largest absolute Gasteiger partial charge is 0.494 e. The normalized spacial score (nSPS) is 11.1. The van der Waals surface area contributed by atoms with Crippen molar-refractivity contribution in [3.8, 4) is 5.75 Å². The lowest BCUT2D eigenvalue weighted by Gasteiger charge is -2.06. The van der Waals surface area contributed by atoms with E-state index >= 15 is 0 Å². The summed E-state index contributed by atoms with van der Waals surface area (Å²) in [5.74, 6) is 0.972. The minimum absolute atomic E-state index is 0.836. The van der Waals surface area contributed by atoms with Crippen LogP contribution in [0.5, 0.6) is 5.75 Å². The average molecular weight is 339 g/mol. The molecule has 0 saturated heterocycles. The minimum atomic E-state index is 0.836. The predicted octanol–water partition coefficient (Wildman–Crippen LogP) is 6.57. The second kappa shape index (κ2) is 12.0. The molecule has 0 aliphatic heterocycles. The van der Waals surface area contributed by atoms with Crippen LogP contribution in [0.2, 0.25) is 0 Å². The second-order valence-corrected chi connectivity index (χ2v) is 5.71. The second-order valence-electron chi connectivity index (χ2n) is 5.19. The Kier molecular flexibility index (Phi) is 10.4. The van der Waals surface area contributed by atoms with Crippen LogP contribution in [-0.2, 0) is 0 Å². The fourth-order valence-corrected chi connectivity index (χ4v) is 2.48. The summed E-state index contributed by atoms with van der Waals surface area (Å²) < 4.78 is 5.75. The van der Waals surface area contributed by atoms with Gasteiger partial charge in [-0.2, -0.15) is 0 Å². The van der Waals surface area contributed by atoms with E-state index in [2.05, 4.69) is 35.0 Å². The summed E-state index contributed by atoms with van der Waals surface area (Å²) in [5.41, 5.74) is 1.18. The van der Waals surface area contributed by atoms with E-state index in [0.29, 0.717) is 0 Å². The zero-order chi connectivity index (χ0) is 14.5. The van der Waals surface area contributed by atoms with E-state index in [1.807, 2.05) is 23.2 Å². The number of hydrogen-bond donors (Lipinski definition) is 0. The number of unbranched alkanes of at least 4 members (excludes halogenated alkanes) is 7. The zero-order valence-electron chi connectivity index (χ0n) is 12.6. The van der Waals surface area contributed by atoms with E-state index in [0.717, 1.165) is 18.8 Å². The number of hydrogen-bond acceptors (Lipinski definition) is 1. The molecule has 0 N–H and O–H groups in total. The van der Waals surface area contributed by atoms with Crippen LogP contribution in [0.15, 0.2) is 29.3 Å². The highest BCUT2D eigenvalue weighted by atomic mass is 79.9. The van der Waals surface area contributed by atoms with Crippen LogP contribution in [0.3, 0.4) is 0 Å². The van der Waals surface area contributed by atoms with Gasteiger partial charge in [0.25, 0.3) is 0 Å². The summed E-state index contributed by atoms with van der Waals surface area (Å²) in [5, 5.41) is 0. The van der Waals surface area contributed by atoms with Gasteiger partial charge in [0, 0.05) is 0 Å². The molecule has 2 heteroatoms. The quantitative estimate of drug-likeness (QED) is 0.414. The molecule has 112 valence electrons. The van der Waals surface area contributed by atoms with Crippen molar-refractivity contribution in [1.82, 2.24) is 0 Å². The van der Waals surface area contributed by atoms with E-state index in [4.69, 9.17) is 4.74 Å². The Balaban J connectivity index is 2.01. The van der Waals surface area contributed by atoms with Crippen molar-refractivity contribution in [1.29, 1.82) is 0 Å². The predicted molar refractivity (Wildman–Crippen MR) is 92.5 cm³/mol. The molecule has 0 aliphatic carbocycles. The fraction of sp³-hybridized carbons (Fsp3) is 0.556. The Hall–Kier alpha value is -0.760. The maximum Gasteiger partial charge on any atom is 0.119 e. The van der Waals surface area contributed by atoms with Gasteiger partial charge in [0.05, 0.1) is 6.61 Å². The molecule has 20 heavy (non-hydrogen) atoms. The lowest BCUT2D eigenvalue weighted by Crippen LogP contribution is -1.97. The van der Waals surface area contributed by atoms with Crippen molar-refractivity contribution in [3.63, 3.8) is 0 Å². The van der Waals surface area contributed by atoms with Gasteiger partial charge in [0.15, 0.2) is 0 Å². The molecule has 1 aromatic carbocycles. The highest BCUT2D eigenvalue weighted by molar-refractivity contribution is 9.11. The fourth-order valence-electron chi connectivity index (χ4n) is 2.17. The molecule has 0 unspecified atom stereocenters. The van der Waals surface area contributed by atoms with Crippen molar-refractivity contribution in [2.75, 3.05) is 6.61 Å². The Morgan fingerprint density at radius 2 is 1.50 bits per heavy atom. The van der Waals surface area contributed by atoms with Crippen molar-refractivity contribution >= 4 is 22.0 Å². The van der Waals surface area contributed by atoms with Crippen LogP contribution in [0.1, 0.15) is 63.9 Å². The van der Waals surface area contributed by atoms with Crippen LogP contribution in [0.25, 0.3) is 6.08 Å². The van der Waals surface area contributed by atoms with Gasteiger partial charge in [-0.05, 0) is 35.2 Å². The van der Waals surface area contributed by atoms with Gasteiger partial charge in [-0.15, -0.1) is 0 Å². The molecule has 0 fully saturated rings. The summed E-state index contributed by atoms with van der Waals surface area (Å²) in [7, 11) is 0. The average Bonchev–Trinajstić information content (AvgIpc) is 2.47. The first kappa shape index (κ1) is 17.3. The smallest absolute Gasteiger partial charge is 0.119 e. The Bertz CT molecular complexity index is 356. The van der Waals surface area contributed by atoms with E-state index in [1.54, 1.807) is 0 Å². The molecule has 1 rings (SSSR count). The van der Waals surface area contributed by atoms with Crippen LogP contribution >= 0.6 is 15.9 Å². The molecule has 1 nitrogen and oxygen atoms in total. The first-order valence-corrected chi connectivity index (χ1v) is 8.78. The van der Waals surface area contributed by atoms with Crippen molar-refractivity contribution < 1.29 is 4.74 Å². The van der Waals surface area contributed by atoms with Gasteiger partial charge in [-0.1, -0.05) is 79.9 Å². The maximum atomic E-state index is 5.75. The first-order valence-electron chi connectivity index (χ1n) is 7.86. The zero-order valence-corrected chi connectivity index (χ0v) is 14.2. The van der Waals surface area contributed by atoms with Crippen molar-refractivity contribution in [2.24, 2.45) is 0 Å². The highest BCUT2D eigenvalue weighted by Gasteiger charge is 1.95. The van der Waals surface area contributed by atoms with Crippen LogP contribution < -0.4 is 4.74 Å². The molecular formula is C18H27BrO. The number of benzene rings is 1. The van der Waals surface area contributed by atoms with Crippen molar-refractivity contribution in [3.05, 3.63) is 34.8 Å². The summed E-state index contributed by atoms with van der Waals surface area (Å²) in [6, 6.07) is 8.21. The van der Waals surface area contributed by atoms with Gasteiger partial charge < -0.3 is 4.74 Å². The summed E-state index contributed by atoms with van der Waals surface area (Å²) >= 11 is 3.28. The van der Waals surface area contributed by atoms with Crippen LogP contribution in [0.4, 0.5) is 0 Å². The minimum Gasteiger partial charge on any atom is -0.494 e. The van der Waals surface area contributed by atoms with Gasteiger partial charge in [0.2, 0.25) is 0 Å². The number of rotatable bonds is 11. The standard InChI is InChI=1S/C18H27BrO/c1-2-3-4-5-6-7-8-9-16-20-18-12-10-17(11-13-18)14-15-19/h10-15H,2-9,16H2,1H3/b15-14+. The van der Waals surface area contributed by atoms with E-state index < -0.39 is 0 Å². The summed E-state index contributed by atoms with van der Waals surface area (Å²) in [6.07, 6.45) is 12.7. The third-order valence-corrected chi connectivity index (χ3v) is 3.67. The molecule has 0 atom stereocenters. The first-order chi connectivity index (χ1) is 9.86. The van der Waals surface area contributed by atoms with E-state index in [1.165, 1.54) is 50.5 Å². The maximum absolute atomic E-state index is 5.75. The number of ether oxygens (including phenoxy) is 1. The Labute approximate surface area is 132 Å². The lowest BCUT2D eigenvalue weighted by atomic mass is 10.1. The van der Waals surface area contributed by atoms with Crippen LogP contribution in [-0.4, -0.2) is 6.61 Å². The topological polar surface area (TPSA) is 9.23 Å². The molecule has 0 spiro atoms. The third kappa shape index (κ3) is 8.42. The van der Waals surface area contributed by atoms with Crippen LogP contribution in [0, 0.1) is 0 Å². The molecular weight excluding hydrogens is 312 g/mol. The molecule has 0 amide bonds. The van der Waals surface area contributed by atoms with Gasteiger partial charge in [-0.3, -0.25) is 0 Å². The summed E-state index contributed by atoms with van der Waals surface area (Å²) in [4.78, 5) is 1.86. The third-order valence-electron chi connectivity index (χ3n) is 3.40. The Morgan fingerprint density at radius 1 is 0.900 bits per heavy atom. The molecule has 0 saturated carbocycles. The highest BCUT2D eigenvalue weighted by Crippen LogP contribution is 2.14. The number of halogens is 1. The molecule has 0 heterocycles. The molecule has 0 radical (unpaired) electrons. The van der Waals surface area contributed by atoms with E-state index in [-0.39, 0.29) is 0 Å².